The Morgan fingerprint density at radius 3 is 2.56 bits per heavy atom. The molecular weight excluding hydrogens is 246 g/mol. The van der Waals surface area contributed by atoms with Crippen molar-refractivity contribution in [3.8, 4) is 0 Å². The quantitative estimate of drug-likeness (QED) is 0.910. The van der Waals surface area contributed by atoms with Crippen LogP contribution >= 0.6 is 11.6 Å². The van der Waals surface area contributed by atoms with Gasteiger partial charge in [-0.2, -0.15) is 5.10 Å². The number of rotatable bonds is 4. The smallest absolute Gasteiger partial charge is 0.130 e. The van der Waals surface area contributed by atoms with Crippen LogP contribution in [0.5, 0.6) is 0 Å². The highest BCUT2D eigenvalue weighted by atomic mass is 35.5. The molecule has 0 spiro atoms. The fraction of sp³-hybridized carbons (Fsp3) is 0.786. The lowest BCUT2D eigenvalue weighted by atomic mass is 9.81. The predicted octanol–water partition coefficient (Wildman–Crippen LogP) is 3.09. The van der Waals surface area contributed by atoms with Gasteiger partial charge in [0.05, 0.1) is 5.69 Å². The lowest BCUT2D eigenvalue weighted by molar-refractivity contribution is 0.276. The van der Waals surface area contributed by atoms with Crippen LogP contribution in [0, 0.1) is 12.8 Å². The topological polar surface area (TPSA) is 29.9 Å². The maximum atomic E-state index is 6.33. The summed E-state index contributed by atoms with van der Waals surface area (Å²) < 4.78 is 1.78. The lowest BCUT2D eigenvalue weighted by Gasteiger charge is -2.30. The molecule has 0 aromatic carbocycles. The average molecular weight is 270 g/mol. The summed E-state index contributed by atoms with van der Waals surface area (Å²) in [5, 5.41) is 8.68. The Hall–Kier alpha value is -0.540. The van der Waals surface area contributed by atoms with Gasteiger partial charge in [0.25, 0.3) is 0 Å². The van der Waals surface area contributed by atoms with E-state index in [2.05, 4.69) is 24.4 Å². The molecule has 1 N–H and O–H groups in total. The van der Waals surface area contributed by atoms with E-state index in [9.17, 15) is 0 Å². The van der Waals surface area contributed by atoms with Gasteiger partial charge in [-0.3, -0.25) is 4.68 Å². The van der Waals surface area contributed by atoms with Gasteiger partial charge >= 0.3 is 0 Å². The molecule has 0 saturated heterocycles. The first-order chi connectivity index (χ1) is 8.63. The van der Waals surface area contributed by atoms with Crippen LogP contribution in [-0.4, -0.2) is 22.9 Å². The van der Waals surface area contributed by atoms with Crippen LogP contribution in [0.1, 0.15) is 43.4 Å². The number of hydrogen-bond acceptors (Lipinski definition) is 2. The number of nitrogens with zero attached hydrogens (tertiary/aromatic N) is 2. The fourth-order valence-corrected chi connectivity index (χ4v) is 3.42. The molecule has 0 amide bonds. The Labute approximate surface area is 115 Å². The number of hydrogen-bond donors (Lipinski definition) is 1. The average Bonchev–Trinajstić information content (AvgIpc) is 2.62. The minimum Gasteiger partial charge on any atom is -0.316 e. The zero-order valence-electron chi connectivity index (χ0n) is 11.7. The van der Waals surface area contributed by atoms with E-state index in [-0.39, 0.29) is 0 Å². The van der Waals surface area contributed by atoms with Crippen molar-refractivity contribution in [1.82, 2.24) is 15.1 Å². The molecule has 1 atom stereocenters. The summed E-state index contributed by atoms with van der Waals surface area (Å²) in [5.41, 5.74) is 2.28. The van der Waals surface area contributed by atoms with Crippen LogP contribution < -0.4 is 5.32 Å². The van der Waals surface area contributed by atoms with Gasteiger partial charge < -0.3 is 5.32 Å². The molecule has 0 radical (unpaired) electrons. The first kappa shape index (κ1) is 13.9. The van der Waals surface area contributed by atoms with Crippen LogP contribution in [0.15, 0.2) is 0 Å². The van der Waals surface area contributed by atoms with Crippen molar-refractivity contribution in [3.63, 3.8) is 0 Å². The molecule has 18 heavy (non-hydrogen) atoms. The molecule has 1 aliphatic carbocycles. The summed E-state index contributed by atoms with van der Waals surface area (Å²) in [7, 11) is 3.98. The van der Waals surface area contributed by atoms with Crippen molar-refractivity contribution in [2.24, 2.45) is 13.0 Å². The monoisotopic (exact) mass is 269 g/mol. The van der Waals surface area contributed by atoms with Crippen LogP contribution in [0.3, 0.4) is 0 Å². The maximum absolute atomic E-state index is 6.33. The molecular formula is C14H24ClN3. The van der Waals surface area contributed by atoms with Gasteiger partial charge in [0.15, 0.2) is 0 Å². The van der Waals surface area contributed by atoms with E-state index in [1.165, 1.54) is 37.7 Å². The third kappa shape index (κ3) is 2.89. The Kier molecular flexibility index (Phi) is 4.68. The molecule has 1 aliphatic rings. The van der Waals surface area contributed by atoms with Gasteiger partial charge in [-0.15, -0.1) is 0 Å². The van der Waals surface area contributed by atoms with E-state index in [0.717, 1.165) is 23.2 Å². The first-order valence-corrected chi connectivity index (χ1v) is 7.36. The molecule has 3 nitrogen and oxygen atoms in total. The van der Waals surface area contributed by atoms with Crippen LogP contribution in [0.4, 0.5) is 0 Å². The van der Waals surface area contributed by atoms with Crippen molar-refractivity contribution in [1.29, 1.82) is 0 Å². The van der Waals surface area contributed by atoms with E-state index in [0.29, 0.717) is 6.04 Å². The van der Waals surface area contributed by atoms with Gasteiger partial charge in [-0.05, 0) is 39.2 Å². The Morgan fingerprint density at radius 1 is 1.39 bits per heavy atom. The zero-order chi connectivity index (χ0) is 13.1. The summed E-state index contributed by atoms with van der Waals surface area (Å²) >= 11 is 6.33. The van der Waals surface area contributed by atoms with E-state index < -0.39 is 0 Å². The largest absolute Gasteiger partial charge is 0.316 e. The lowest BCUT2D eigenvalue weighted by Crippen LogP contribution is -2.36. The second kappa shape index (κ2) is 6.07. The van der Waals surface area contributed by atoms with E-state index in [1.54, 1.807) is 4.68 Å². The SMILES string of the molecule is CNC(Cc1c(C)nn(C)c1Cl)C1CCCCC1. The molecule has 1 unspecified atom stereocenters. The minimum absolute atomic E-state index is 0.533. The summed E-state index contributed by atoms with van der Waals surface area (Å²) in [5.74, 6) is 0.791. The second-order valence-corrected chi connectivity index (χ2v) is 5.83. The van der Waals surface area contributed by atoms with Gasteiger partial charge in [0.1, 0.15) is 5.15 Å². The van der Waals surface area contributed by atoms with Crippen molar-refractivity contribution < 1.29 is 0 Å². The fourth-order valence-electron chi connectivity index (χ4n) is 3.17. The van der Waals surface area contributed by atoms with Crippen LogP contribution in [-0.2, 0) is 13.5 Å². The Morgan fingerprint density at radius 2 is 2.06 bits per heavy atom. The van der Waals surface area contributed by atoms with E-state index in [4.69, 9.17) is 11.6 Å². The highest BCUT2D eigenvalue weighted by Gasteiger charge is 2.25. The maximum Gasteiger partial charge on any atom is 0.130 e. The summed E-state index contributed by atoms with van der Waals surface area (Å²) in [4.78, 5) is 0. The molecule has 2 rings (SSSR count). The number of halogens is 1. The summed E-state index contributed by atoms with van der Waals surface area (Å²) in [6.45, 7) is 2.05. The minimum atomic E-state index is 0.533. The molecule has 0 aliphatic heterocycles. The number of aromatic nitrogens is 2. The summed E-state index contributed by atoms with van der Waals surface area (Å²) in [6.07, 6.45) is 7.86. The normalized spacial score (nSPS) is 19.1. The molecule has 1 aromatic heterocycles. The number of likely N-dealkylation sites (N-methyl/N-ethyl adjacent to an activating group) is 1. The molecule has 1 saturated carbocycles. The van der Waals surface area contributed by atoms with Gasteiger partial charge in [0.2, 0.25) is 0 Å². The highest BCUT2D eigenvalue weighted by Crippen LogP contribution is 2.30. The van der Waals surface area contributed by atoms with Gasteiger partial charge in [0, 0.05) is 18.7 Å². The second-order valence-electron chi connectivity index (χ2n) is 5.48. The van der Waals surface area contributed by atoms with Gasteiger partial charge in [-0.25, -0.2) is 0 Å². The van der Waals surface area contributed by atoms with E-state index >= 15 is 0 Å². The standard InChI is InChI=1S/C14H24ClN3/c1-10-12(14(15)18(3)17-10)9-13(16-2)11-7-5-4-6-8-11/h11,13,16H,4-9H2,1-3H3. The number of aryl methyl sites for hydroxylation is 2. The molecule has 1 fully saturated rings. The molecule has 1 aromatic rings. The zero-order valence-corrected chi connectivity index (χ0v) is 12.4. The van der Waals surface area contributed by atoms with E-state index in [1.807, 2.05) is 7.05 Å². The van der Waals surface area contributed by atoms with Gasteiger partial charge in [-0.1, -0.05) is 30.9 Å². The van der Waals surface area contributed by atoms with Crippen LogP contribution in [0.25, 0.3) is 0 Å². The third-order valence-corrected chi connectivity index (χ3v) is 4.76. The van der Waals surface area contributed by atoms with Crippen molar-refractivity contribution in [2.45, 2.75) is 51.5 Å². The Balaban J connectivity index is 2.09. The predicted molar refractivity (Wildman–Crippen MR) is 76.1 cm³/mol. The molecule has 4 heteroatoms. The van der Waals surface area contributed by atoms with Crippen LogP contribution in [0.2, 0.25) is 5.15 Å². The summed E-state index contributed by atoms with van der Waals surface area (Å²) in [6, 6.07) is 0.533. The van der Waals surface area contributed by atoms with Crippen molar-refractivity contribution in [2.75, 3.05) is 7.05 Å². The third-order valence-electron chi connectivity index (χ3n) is 4.28. The molecule has 0 bridgehead atoms. The molecule has 102 valence electrons. The first-order valence-electron chi connectivity index (χ1n) is 6.98. The Bertz CT molecular complexity index is 394. The number of nitrogens with one attached hydrogen (secondary N) is 1. The van der Waals surface area contributed by atoms with Crippen molar-refractivity contribution >= 4 is 11.6 Å². The molecule has 1 heterocycles. The van der Waals surface area contributed by atoms with Crippen molar-refractivity contribution in [3.05, 3.63) is 16.4 Å². The highest BCUT2D eigenvalue weighted by molar-refractivity contribution is 6.30.